The summed E-state index contributed by atoms with van der Waals surface area (Å²) in [6.07, 6.45) is 3.55. The highest BCUT2D eigenvalue weighted by Gasteiger charge is 2.19. The van der Waals surface area contributed by atoms with E-state index in [9.17, 15) is 0 Å². The topological polar surface area (TPSA) is 36.9 Å². The standard InChI is InChI=1S/C43H39N4O/c1-28(2)34-15-11-16-35(29(3)4)43(34)30-22-23-44-42(24-30)47-38-17-7-6-14-36(38)37-21-20-33(26-41(37)47)48-32-13-10-12-31(25-32)46-27-45(5)39-18-8-9-19-40(39)46/h6-29H,1-5H3/q+1/i5D3. The molecule has 0 spiro atoms. The van der Waals surface area contributed by atoms with E-state index in [0.29, 0.717) is 28.9 Å². The van der Waals surface area contributed by atoms with Gasteiger partial charge in [-0.05, 0) is 88.7 Å². The normalized spacial score (nSPS) is 13.0. The third kappa shape index (κ3) is 5.03. The summed E-state index contributed by atoms with van der Waals surface area (Å²) in [6.45, 7) is 6.70. The Balaban J connectivity index is 1.23. The lowest BCUT2D eigenvalue weighted by atomic mass is 9.85. The Hall–Kier alpha value is -5.68. The van der Waals surface area contributed by atoms with Crippen LogP contribution in [0.2, 0.25) is 0 Å². The van der Waals surface area contributed by atoms with Gasteiger partial charge in [-0.15, -0.1) is 0 Å². The lowest BCUT2D eigenvalue weighted by Gasteiger charge is -2.20. The van der Waals surface area contributed by atoms with Crippen LogP contribution in [0.25, 0.3) is 55.5 Å². The number of hydrogen-bond donors (Lipinski definition) is 0. The molecule has 0 N–H and O–H groups in total. The van der Waals surface area contributed by atoms with Gasteiger partial charge in [0, 0.05) is 58.4 Å². The number of imidazole rings is 1. The molecule has 0 atom stereocenters. The van der Waals surface area contributed by atoms with Crippen LogP contribution in [-0.2, 0) is 6.98 Å². The number of benzene rings is 5. The molecule has 3 heterocycles. The fourth-order valence-electron chi connectivity index (χ4n) is 6.99. The minimum absolute atomic E-state index is 0.375. The van der Waals surface area contributed by atoms with Gasteiger partial charge in [-0.2, -0.15) is 4.57 Å². The number of nitrogens with zero attached hydrogens (tertiary/aromatic N) is 4. The van der Waals surface area contributed by atoms with Gasteiger partial charge in [0.15, 0.2) is 17.4 Å². The van der Waals surface area contributed by atoms with Crippen LogP contribution in [0.5, 0.6) is 11.5 Å². The summed E-state index contributed by atoms with van der Waals surface area (Å²) in [4.78, 5) is 4.94. The van der Waals surface area contributed by atoms with Crippen molar-refractivity contribution in [2.24, 2.45) is 6.98 Å². The highest BCUT2D eigenvalue weighted by molar-refractivity contribution is 6.09. The molecular formula is C43H39N4O+. The highest BCUT2D eigenvalue weighted by atomic mass is 16.5. The maximum absolute atomic E-state index is 8.07. The number of aromatic nitrogens is 4. The fraction of sp³-hybridized carbons (Fsp3) is 0.163. The van der Waals surface area contributed by atoms with Gasteiger partial charge in [-0.1, -0.05) is 64.1 Å². The first-order valence-corrected chi connectivity index (χ1v) is 16.5. The van der Waals surface area contributed by atoms with Gasteiger partial charge >= 0.3 is 0 Å². The second kappa shape index (κ2) is 11.8. The summed E-state index contributed by atoms with van der Waals surface area (Å²) in [5.74, 6) is 2.91. The minimum Gasteiger partial charge on any atom is -0.456 e. The van der Waals surface area contributed by atoms with Crippen molar-refractivity contribution in [1.29, 1.82) is 0 Å². The third-order valence-corrected chi connectivity index (χ3v) is 9.24. The maximum Gasteiger partial charge on any atom is 0.191 e. The smallest absolute Gasteiger partial charge is 0.191 e. The molecule has 48 heavy (non-hydrogen) atoms. The van der Waals surface area contributed by atoms with Crippen LogP contribution in [0.3, 0.4) is 0 Å². The molecule has 8 rings (SSSR count). The monoisotopic (exact) mass is 630 g/mol. The summed E-state index contributed by atoms with van der Waals surface area (Å²) < 4.78 is 36.2. The van der Waals surface area contributed by atoms with E-state index in [0.717, 1.165) is 44.4 Å². The molecule has 0 aliphatic carbocycles. The third-order valence-electron chi connectivity index (χ3n) is 9.24. The first kappa shape index (κ1) is 26.4. The van der Waals surface area contributed by atoms with Gasteiger partial charge in [0.1, 0.15) is 23.0 Å². The van der Waals surface area contributed by atoms with E-state index in [4.69, 9.17) is 13.8 Å². The molecule has 8 aromatic rings. The van der Waals surface area contributed by atoms with E-state index in [-0.39, 0.29) is 0 Å². The zero-order valence-corrected chi connectivity index (χ0v) is 27.6. The minimum atomic E-state index is -2.31. The summed E-state index contributed by atoms with van der Waals surface area (Å²) in [5, 5.41) is 2.25. The summed E-state index contributed by atoms with van der Waals surface area (Å²) in [7, 11) is 0. The first-order valence-electron chi connectivity index (χ1n) is 18.0. The number of pyridine rings is 1. The van der Waals surface area contributed by atoms with Gasteiger partial charge < -0.3 is 4.74 Å². The molecule has 236 valence electrons. The average molecular weight is 631 g/mol. The molecular weight excluding hydrogens is 589 g/mol. The molecule has 0 bridgehead atoms. The number of fused-ring (bicyclic) bond motifs is 4. The molecule has 5 aromatic carbocycles. The van der Waals surface area contributed by atoms with Crippen molar-refractivity contribution in [3.63, 3.8) is 0 Å². The van der Waals surface area contributed by atoms with Crippen LogP contribution in [0, 0.1) is 0 Å². The number of rotatable bonds is 7. The zero-order chi connectivity index (χ0) is 35.4. The van der Waals surface area contributed by atoms with Crippen LogP contribution in [0.1, 0.15) is 54.8 Å². The van der Waals surface area contributed by atoms with Crippen molar-refractivity contribution in [1.82, 2.24) is 18.7 Å². The maximum atomic E-state index is 8.07. The molecule has 0 amide bonds. The Morgan fingerprint density at radius 2 is 1.33 bits per heavy atom. The lowest BCUT2D eigenvalue weighted by Crippen LogP contribution is -2.02. The largest absolute Gasteiger partial charge is 0.456 e. The van der Waals surface area contributed by atoms with E-state index in [1.807, 2.05) is 65.4 Å². The summed E-state index contributed by atoms with van der Waals surface area (Å²) in [5.41, 5.74) is 9.39. The summed E-state index contributed by atoms with van der Waals surface area (Å²) in [6, 6.07) is 40.8. The number of ether oxygens (including phenoxy) is 1. The average Bonchev–Trinajstić information content (AvgIpc) is 3.68. The Kier molecular flexibility index (Phi) is 6.51. The summed E-state index contributed by atoms with van der Waals surface area (Å²) >= 11 is 0. The van der Waals surface area contributed by atoms with Gasteiger partial charge in [0.2, 0.25) is 0 Å². The van der Waals surface area contributed by atoms with Crippen LogP contribution in [0.4, 0.5) is 0 Å². The van der Waals surface area contributed by atoms with Crippen LogP contribution < -0.4 is 4.74 Å². The van der Waals surface area contributed by atoms with Gasteiger partial charge in [-0.25, -0.2) is 9.55 Å². The SMILES string of the molecule is [2H]C([2H])([2H])n1[cH+]n(-c2cccc(Oc3ccc4c5ccccc5n(-c5cc(-c6c(C(C)C)cccc6C(C)C)ccn5)c4c3)c2)c2ccccc21. The fourth-order valence-corrected chi connectivity index (χ4v) is 6.99. The lowest BCUT2D eigenvalue weighted by molar-refractivity contribution is 0.483. The van der Waals surface area contributed by atoms with Gasteiger partial charge in [0.25, 0.3) is 0 Å². The second-order valence-corrected chi connectivity index (χ2v) is 13.0. The molecule has 3 aromatic heterocycles. The Morgan fingerprint density at radius 1 is 0.646 bits per heavy atom. The van der Waals surface area contributed by atoms with Crippen molar-refractivity contribution in [3.8, 4) is 34.1 Å². The zero-order valence-electron chi connectivity index (χ0n) is 30.6. The quantitative estimate of drug-likeness (QED) is 0.164. The van der Waals surface area contributed by atoms with E-state index >= 15 is 0 Å². The second-order valence-electron chi connectivity index (χ2n) is 13.0. The van der Waals surface area contributed by atoms with Crippen molar-refractivity contribution >= 4 is 32.8 Å². The molecule has 5 nitrogen and oxygen atoms in total. The number of aryl methyl sites for hydroxylation is 1. The predicted molar refractivity (Wildman–Crippen MR) is 199 cm³/mol. The van der Waals surface area contributed by atoms with E-state index < -0.39 is 6.98 Å². The Morgan fingerprint density at radius 3 is 2.10 bits per heavy atom. The van der Waals surface area contributed by atoms with Crippen molar-refractivity contribution in [2.75, 3.05) is 0 Å². The van der Waals surface area contributed by atoms with Crippen LogP contribution >= 0.6 is 0 Å². The molecule has 0 fully saturated rings. The highest BCUT2D eigenvalue weighted by Crippen LogP contribution is 2.39. The van der Waals surface area contributed by atoms with Gasteiger partial charge in [-0.3, -0.25) is 4.57 Å². The first-order chi connectivity index (χ1) is 24.6. The van der Waals surface area contributed by atoms with Crippen LogP contribution in [-0.4, -0.2) is 18.7 Å². The van der Waals surface area contributed by atoms with E-state index in [2.05, 4.69) is 99.0 Å². The number of para-hydroxylation sites is 3. The van der Waals surface area contributed by atoms with E-state index in [1.165, 1.54) is 21.3 Å². The number of hydrogen-bond acceptors (Lipinski definition) is 2. The molecule has 0 unspecified atom stereocenters. The van der Waals surface area contributed by atoms with Crippen molar-refractivity contribution in [2.45, 2.75) is 39.5 Å². The molecule has 0 radical (unpaired) electrons. The molecule has 0 aliphatic rings. The van der Waals surface area contributed by atoms with E-state index in [1.54, 1.807) is 6.33 Å². The molecule has 0 aliphatic heterocycles. The predicted octanol–water partition coefficient (Wildman–Crippen LogP) is 11.4. The van der Waals surface area contributed by atoms with Gasteiger partial charge in [0.05, 0.1) is 11.0 Å². The van der Waals surface area contributed by atoms with Crippen molar-refractivity contribution in [3.05, 3.63) is 145 Å². The Labute approximate surface area is 285 Å². The van der Waals surface area contributed by atoms with Crippen LogP contribution in [0.15, 0.2) is 134 Å². The van der Waals surface area contributed by atoms with Crippen molar-refractivity contribution < 1.29 is 8.85 Å². The molecule has 0 saturated heterocycles. The molecule has 0 saturated carbocycles. The molecule has 5 heteroatoms. The Bertz CT molecular complexity index is 2550.